The van der Waals surface area contributed by atoms with Crippen LogP contribution < -0.4 is 15.0 Å². The first-order chi connectivity index (χ1) is 29.5. The number of anilines is 4. The summed E-state index contributed by atoms with van der Waals surface area (Å²) in [6.07, 6.45) is 20.4. The molecule has 60 heavy (non-hydrogen) atoms. The molecule has 0 unspecified atom stereocenters. The van der Waals surface area contributed by atoms with Crippen molar-refractivity contribution in [1.29, 1.82) is 5.26 Å². The van der Waals surface area contributed by atoms with Crippen LogP contribution in [-0.2, 0) is 6.54 Å². The summed E-state index contributed by atoms with van der Waals surface area (Å²) in [5, 5.41) is 19.4. The van der Waals surface area contributed by atoms with E-state index in [2.05, 4.69) is 132 Å². The Morgan fingerprint density at radius 1 is 0.783 bits per heavy atom. The molecule has 0 saturated heterocycles. The van der Waals surface area contributed by atoms with Gasteiger partial charge in [0, 0.05) is 41.1 Å². The van der Waals surface area contributed by atoms with Gasteiger partial charge in [0.05, 0.1) is 11.8 Å². The number of allylic oxidation sites excluding steroid dienone is 4. The fourth-order valence-corrected chi connectivity index (χ4v) is 10.0. The molecule has 0 heterocycles. The normalized spacial score (nSPS) is 15.9. The van der Waals surface area contributed by atoms with E-state index in [4.69, 9.17) is 0 Å². The molecule has 6 aromatic rings. The summed E-state index contributed by atoms with van der Waals surface area (Å²) in [5.74, 6) is 0.920. The summed E-state index contributed by atoms with van der Waals surface area (Å²) in [7, 11) is 0. The molecule has 0 aromatic heterocycles. The molecule has 6 aromatic carbocycles. The Labute approximate surface area is 356 Å². The molecule has 5 heteroatoms. The molecule has 0 atom stereocenters. The van der Waals surface area contributed by atoms with Crippen LogP contribution in [0.25, 0.3) is 27.1 Å². The summed E-state index contributed by atoms with van der Waals surface area (Å²) in [6.45, 7) is 9.91. The molecule has 2 aliphatic rings. The molecule has 2 fully saturated rings. The molecule has 0 bridgehead atoms. The van der Waals surface area contributed by atoms with Crippen molar-refractivity contribution >= 4 is 55.6 Å². The maximum absolute atomic E-state index is 11.6. The Morgan fingerprint density at radius 3 is 2.17 bits per heavy atom. The van der Waals surface area contributed by atoms with Gasteiger partial charge in [-0.15, -0.1) is 4.91 Å². The number of rotatable bonds is 13. The highest BCUT2D eigenvalue weighted by molar-refractivity contribution is 6.18. The van der Waals surface area contributed by atoms with Gasteiger partial charge in [-0.1, -0.05) is 118 Å². The summed E-state index contributed by atoms with van der Waals surface area (Å²) in [4.78, 5) is 16.4. The Kier molecular flexibility index (Phi) is 12.7. The van der Waals surface area contributed by atoms with Crippen LogP contribution in [-0.4, -0.2) is 6.54 Å². The van der Waals surface area contributed by atoms with Crippen molar-refractivity contribution in [3.63, 3.8) is 0 Å². The Morgan fingerprint density at radius 2 is 1.48 bits per heavy atom. The van der Waals surface area contributed by atoms with Crippen LogP contribution in [0.2, 0.25) is 0 Å². The summed E-state index contributed by atoms with van der Waals surface area (Å²) >= 11 is 0. The first-order valence-corrected chi connectivity index (χ1v) is 22.0. The molecule has 2 saturated carbocycles. The Hall–Kier alpha value is -6.25. The third kappa shape index (κ3) is 8.43. The third-order valence-electron chi connectivity index (χ3n) is 13.0. The number of nitriles is 1. The lowest BCUT2D eigenvalue weighted by Gasteiger charge is -2.32. The van der Waals surface area contributed by atoms with Gasteiger partial charge in [-0.2, -0.15) is 5.26 Å². The standard InChI is InChI=1S/C55H56N4O/c1-4-40(37-56)18-16-34-58(47-25-15-17-39(3)35-47)38-43-26-31-50-52(42-21-11-7-12-22-42)36-53(59(45-23-13-8-14-24-45)46-29-27-44(57-60)28-30-46)51-33-32-49(54(43)55(50)51)48(5-2)41-19-9-6-10-20-41/h4-5,8,13-18,23-33,35-36,41-42H,2,6-7,9-12,19-22,34,38H2,1,3H3/b18-16-,40-4+,49-48+. The van der Waals surface area contributed by atoms with E-state index in [1.807, 2.05) is 43.3 Å². The van der Waals surface area contributed by atoms with E-state index in [0.717, 1.165) is 22.7 Å². The average Bonchev–Trinajstić information content (AvgIpc) is 3.30. The van der Waals surface area contributed by atoms with Crippen LogP contribution in [0.5, 0.6) is 0 Å². The molecule has 0 aliphatic heterocycles. The van der Waals surface area contributed by atoms with Crippen LogP contribution in [0.3, 0.4) is 0 Å². The second-order valence-electron chi connectivity index (χ2n) is 16.8. The van der Waals surface area contributed by atoms with E-state index in [0.29, 0.717) is 36.2 Å². The lowest BCUT2D eigenvalue weighted by Crippen LogP contribution is -2.25. The van der Waals surface area contributed by atoms with Gasteiger partial charge in [-0.05, 0) is 161 Å². The first kappa shape index (κ1) is 40.5. The minimum Gasteiger partial charge on any atom is -0.363 e. The van der Waals surface area contributed by atoms with Gasteiger partial charge in [-0.25, -0.2) is 0 Å². The molecule has 302 valence electrons. The van der Waals surface area contributed by atoms with Crippen molar-refractivity contribution in [3.8, 4) is 6.07 Å². The first-order valence-electron chi connectivity index (χ1n) is 22.0. The molecule has 0 N–H and O–H groups in total. The van der Waals surface area contributed by atoms with E-state index in [1.165, 1.54) is 113 Å². The van der Waals surface area contributed by atoms with Gasteiger partial charge < -0.3 is 9.80 Å². The number of aryl methyl sites for hydroxylation is 1. The van der Waals surface area contributed by atoms with E-state index >= 15 is 0 Å². The predicted octanol–water partition coefficient (Wildman–Crippen LogP) is 14.9. The predicted molar refractivity (Wildman–Crippen MR) is 254 cm³/mol. The molecular formula is C55H56N4O. The maximum atomic E-state index is 11.6. The molecule has 2 aliphatic carbocycles. The van der Waals surface area contributed by atoms with Crippen molar-refractivity contribution in [3.05, 3.63) is 172 Å². The zero-order chi connectivity index (χ0) is 41.4. The highest BCUT2D eigenvalue weighted by Crippen LogP contribution is 2.47. The topological polar surface area (TPSA) is 59.7 Å². The SMILES string of the molecule is C=C/C(=c1/ccc2c(N(c3ccccc3)c3ccc(N=O)cc3)cc(C3CCCCC3)c3ccc(CN(C/C=C\C(C#N)=C/C)c4cccc(C)c4)c1c32)C1CCCCC1. The van der Waals surface area contributed by atoms with Crippen LogP contribution in [0.1, 0.15) is 93.7 Å². The monoisotopic (exact) mass is 788 g/mol. The van der Waals surface area contributed by atoms with Gasteiger partial charge in [0.2, 0.25) is 0 Å². The van der Waals surface area contributed by atoms with Crippen LogP contribution >= 0.6 is 0 Å². The smallest absolute Gasteiger partial charge is 0.108 e. The fraction of sp³-hybridized carbons (Fsp3) is 0.291. The van der Waals surface area contributed by atoms with Gasteiger partial charge in [-0.3, -0.25) is 0 Å². The summed E-state index contributed by atoms with van der Waals surface area (Å²) in [5.41, 5.74) is 10.7. The zero-order valence-corrected chi connectivity index (χ0v) is 35.2. The lowest BCUT2D eigenvalue weighted by atomic mass is 9.78. The fourth-order valence-electron chi connectivity index (χ4n) is 10.0. The summed E-state index contributed by atoms with van der Waals surface area (Å²) in [6, 6.07) is 41.5. The van der Waals surface area contributed by atoms with Crippen LogP contribution in [0.4, 0.5) is 28.4 Å². The van der Waals surface area contributed by atoms with E-state index in [1.54, 1.807) is 0 Å². The van der Waals surface area contributed by atoms with Gasteiger partial charge >= 0.3 is 0 Å². The number of benzene rings is 6. The quantitative estimate of drug-likeness (QED) is 0.0664. The highest BCUT2D eigenvalue weighted by atomic mass is 16.3. The maximum Gasteiger partial charge on any atom is 0.108 e. The second-order valence-corrected chi connectivity index (χ2v) is 16.8. The van der Waals surface area contributed by atoms with Gasteiger partial charge in [0.25, 0.3) is 0 Å². The van der Waals surface area contributed by atoms with Gasteiger partial charge in [0.1, 0.15) is 5.69 Å². The van der Waals surface area contributed by atoms with Crippen LogP contribution in [0, 0.1) is 29.1 Å². The second kappa shape index (κ2) is 18.8. The van der Waals surface area contributed by atoms with Gasteiger partial charge in [0.15, 0.2) is 0 Å². The minimum absolute atomic E-state index is 0.415. The molecule has 0 amide bonds. The average molecular weight is 789 g/mol. The van der Waals surface area contributed by atoms with Crippen LogP contribution in [0.15, 0.2) is 151 Å². The molecular weight excluding hydrogens is 733 g/mol. The Balaban J connectivity index is 1.45. The molecule has 5 nitrogen and oxygen atoms in total. The van der Waals surface area contributed by atoms with Crippen molar-refractivity contribution in [2.24, 2.45) is 11.1 Å². The molecule has 0 radical (unpaired) electrons. The minimum atomic E-state index is 0.415. The largest absolute Gasteiger partial charge is 0.363 e. The molecule has 0 spiro atoms. The number of hydrogen-bond acceptors (Lipinski definition) is 5. The highest BCUT2D eigenvalue weighted by Gasteiger charge is 2.27. The zero-order valence-electron chi connectivity index (χ0n) is 35.2. The number of nitroso groups, excluding NO2 is 1. The third-order valence-corrected chi connectivity index (χ3v) is 13.0. The van der Waals surface area contributed by atoms with Crippen molar-refractivity contribution < 1.29 is 0 Å². The summed E-state index contributed by atoms with van der Waals surface area (Å²) < 4.78 is 0. The van der Waals surface area contributed by atoms with Crippen molar-refractivity contribution in [2.45, 2.75) is 90.5 Å². The van der Waals surface area contributed by atoms with E-state index in [-0.39, 0.29) is 0 Å². The lowest BCUT2D eigenvalue weighted by molar-refractivity contribution is 0.429. The van der Waals surface area contributed by atoms with E-state index < -0.39 is 0 Å². The van der Waals surface area contributed by atoms with Crippen molar-refractivity contribution in [2.75, 3.05) is 16.3 Å². The number of hydrogen-bond donors (Lipinski definition) is 0. The number of nitrogens with zero attached hydrogens (tertiary/aromatic N) is 4. The number of para-hydroxylation sites is 1. The molecule has 8 rings (SSSR count). The van der Waals surface area contributed by atoms with E-state index in [9.17, 15) is 10.2 Å². The Bertz CT molecular complexity index is 2640. The van der Waals surface area contributed by atoms with Crippen molar-refractivity contribution in [1.82, 2.24) is 0 Å².